The second kappa shape index (κ2) is 8.92. The lowest BCUT2D eigenvalue weighted by Gasteiger charge is -2.15. The number of pyridine rings is 1. The minimum atomic E-state index is -1.19. The van der Waals surface area contributed by atoms with Crippen LogP contribution in [0.2, 0.25) is 25.7 Å². The van der Waals surface area contributed by atoms with Crippen molar-refractivity contribution >= 4 is 25.4 Å². The van der Waals surface area contributed by atoms with Gasteiger partial charge in [0, 0.05) is 44.6 Å². The molecule has 0 bridgehead atoms. The fourth-order valence-corrected chi connectivity index (χ4v) is 5.38. The van der Waals surface area contributed by atoms with E-state index in [0.29, 0.717) is 18.9 Å². The van der Waals surface area contributed by atoms with Gasteiger partial charge in [-0.05, 0) is 42.5 Å². The predicted octanol–water partition coefficient (Wildman–Crippen LogP) is 5.11. The Bertz CT molecular complexity index is 1370. The number of ether oxygens (including phenoxy) is 1. The van der Waals surface area contributed by atoms with Crippen LogP contribution < -0.4 is 0 Å². The fraction of sp³-hybridized carbons (Fsp3) is 0.385. The van der Waals surface area contributed by atoms with Crippen molar-refractivity contribution < 1.29 is 9.53 Å². The van der Waals surface area contributed by atoms with E-state index in [0.717, 1.165) is 65.1 Å². The summed E-state index contributed by atoms with van der Waals surface area (Å²) >= 11 is 0. The summed E-state index contributed by atoms with van der Waals surface area (Å²) in [7, 11) is 0.701. The third-order valence-electron chi connectivity index (χ3n) is 6.47. The van der Waals surface area contributed by atoms with Crippen molar-refractivity contribution in [3.05, 3.63) is 53.3 Å². The number of aldehydes is 1. The maximum absolute atomic E-state index is 12.2. The number of fused-ring (bicyclic) bond motifs is 2. The highest BCUT2D eigenvalue weighted by Gasteiger charge is 2.22. The number of benzene rings is 1. The molecule has 8 heteroatoms. The molecule has 3 aromatic heterocycles. The molecule has 0 unspecified atom stereocenters. The van der Waals surface area contributed by atoms with Crippen molar-refractivity contribution in [3.8, 4) is 22.5 Å². The molecule has 7 nitrogen and oxygen atoms in total. The van der Waals surface area contributed by atoms with Crippen molar-refractivity contribution in [1.29, 1.82) is 0 Å². The second-order valence-corrected chi connectivity index (χ2v) is 15.9. The number of aromatic nitrogens is 5. The van der Waals surface area contributed by atoms with Crippen LogP contribution in [0.1, 0.15) is 27.9 Å². The van der Waals surface area contributed by atoms with E-state index in [9.17, 15) is 4.79 Å². The Morgan fingerprint density at radius 1 is 1.18 bits per heavy atom. The van der Waals surface area contributed by atoms with Gasteiger partial charge in [-0.15, -0.1) is 0 Å². The van der Waals surface area contributed by atoms with Gasteiger partial charge in [-0.3, -0.25) is 9.48 Å². The largest absolute Gasteiger partial charge is 0.360 e. The van der Waals surface area contributed by atoms with Crippen molar-refractivity contribution in [3.63, 3.8) is 0 Å². The number of hydrogen-bond donors (Lipinski definition) is 0. The molecular weight excluding hydrogens is 442 g/mol. The molecule has 0 saturated heterocycles. The van der Waals surface area contributed by atoms with Crippen LogP contribution >= 0.6 is 0 Å². The zero-order valence-corrected chi connectivity index (χ0v) is 21.3. The van der Waals surface area contributed by atoms with E-state index in [1.54, 1.807) is 10.9 Å². The summed E-state index contributed by atoms with van der Waals surface area (Å²) in [6.07, 6.45) is 7.88. The second-order valence-electron chi connectivity index (χ2n) is 10.3. The van der Waals surface area contributed by atoms with E-state index in [-0.39, 0.29) is 0 Å². The average molecular weight is 474 g/mol. The number of carbonyl (C=O) groups is 1. The summed E-state index contributed by atoms with van der Waals surface area (Å²) in [5, 5.41) is 9.19. The Balaban J connectivity index is 1.62. The van der Waals surface area contributed by atoms with E-state index < -0.39 is 8.07 Å². The molecular formula is C26H31N5O2Si. The lowest BCUT2D eigenvalue weighted by molar-refractivity contribution is 0.0818. The number of nitrogens with zero attached hydrogens (tertiary/aromatic N) is 5. The predicted molar refractivity (Wildman–Crippen MR) is 137 cm³/mol. The molecule has 0 amide bonds. The van der Waals surface area contributed by atoms with Gasteiger partial charge in [-0.25, -0.2) is 9.67 Å². The highest BCUT2D eigenvalue weighted by molar-refractivity contribution is 6.76. The van der Waals surface area contributed by atoms with Crippen LogP contribution in [-0.2, 0) is 31.4 Å². The third-order valence-corrected chi connectivity index (χ3v) is 8.18. The molecule has 0 N–H and O–H groups in total. The first-order chi connectivity index (χ1) is 16.3. The molecule has 4 aromatic rings. The number of carbonyl (C=O) groups excluding carboxylic acids is 1. The number of aryl methyl sites for hydroxylation is 2. The molecule has 0 aliphatic heterocycles. The van der Waals surface area contributed by atoms with Gasteiger partial charge in [0.15, 0.2) is 6.29 Å². The zero-order valence-electron chi connectivity index (χ0n) is 20.3. The van der Waals surface area contributed by atoms with Crippen LogP contribution in [0.3, 0.4) is 0 Å². The summed E-state index contributed by atoms with van der Waals surface area (Å²) < 4.78 is 9.59. The van der Waals surface area contributed by atoms with Crippen molar-refractivity contribution in [2.75, 3.05) is 6.61 Å². The fourth-order valence-electron chi connectivity index (χ4n) is 4.62. The number of hydrogen-bond acceptors (Lipinski definition) is 5. The first kappa shape index (κ1) is 22.7. The molecule has 0 radical (unpaired) electrons. The Labute approximate surface area is 200 Å². The summed E-state index contributed by atoms with van der Waals surface area (Å²) in [6, 6.07) is 9.33. The standard InChI is InChI=1S/C26H31N5O2Si/c1-30-15-20(14-27-30)25-26-23(31(29-25)17-33-11-12-34(2,3)4)13-19(16-32)24(28-26)22-10-6-8-18-7-5-9-21(18)22/h6,8,10,13-16H,5,7,9,11-12,17H2,1-4H3. The molecule has 3 heterocycles. The molecule has 0 fully saturated rings. The van der Waals surface area contributed by atoms with Crippen LogP contribution in [0.15, 0.2) is 36.7 Å². The minimum absolute atomic E-state index is 0.321. The summed E-state index contributed by atoms with van der Waals surface area (Å²) in [6.45, 7) is 8.02. The third kappa shape index (κ3) is 4.35. The molecule has 34 heavy (non-hydrogen) atoms. The molecule has 0 spiro atoms. The highest BCUT2D eigenvalue weighted by Crippen LogP contribution is 2.36. The van der Waals surface area contributed by atoms with Gasteiger partial charge in [0.2, 0.25) is 0 Å². The van der Waals surface area contributed by atoms with Crippen molar-refractivity contribution in [1.82, 2.24) is 24.5 Å². The lowest BCUT2D eigenvalue weighted by atomic mass is 9.97. The zero-order chi connectivity index (χ0) is 23.9. The Hall–Kier alpha value is -3.10. The smallest absolute Gasteiger partial charge is 0.152 e. The van der Waals surface area contributed by atoms with Gasteiger partial charge in [0.25, 0.3) is 0 Å². The van der Waals surface area contributed by atoms with E-state index in [1.807, 2.05) is 24.0 Å². The molecule has 1 aliphatic carbocycles. The SMILES string of the molecule is Cn1cc(-c2nn(COCC[Si](C)(C)C)c3cc(C=O)c(-c4cccc5c4CCC5)nc23)cn1. The topological polar surface area (TPSA) is 74.8 Å². The number of rotatable bonds is 8. The van der Waals surface area contributed by atoms with Gasteiger partial charge in [0.1, 0.15) is 17.9 Å². The first-order valence-corrected chi connectivity index (χ1v) is 15.6. The van der Waals surface area contributed by atoms with E-state index >= 15 is 0 Å². The van der Waals surface area contributed by atoms with Gasteiger partial charge in [-0.2, -0.15) is 10.2 Å². The Morgan fingerprint density at radius 3 is 2.76 bits per heavy atom. The molecule has 176 valence electrons. The minimum Gasteiger partial charge on any atom is -0.360 e. The van der Waals surface area contributed by atoms with Crippen LogP contribution in [-0.4, -0.2) is 45.5 Å². The summed E-state index contributed by atoms with van der Waals surface area (Å²) in [5.41, 5.74) is 8.22. The van der Waals surface area contributed by atoms with Crippen LogP contribution in [0.5, 0.6) is 0 Å². The van der Waals surface area contributed by atoms with E-state index in [1.165, 1.54) is 11.1 Å². The summed E-state index contributed by atoms with van der Waals surface area (Å²) in [4.78, 5) is 17.3. The maximum Gasteiger partial charge on any atom is 0.152 e. The van der Waals surface area contributed by atoms with Crippen LogP contribution in [0, 0.1) is 0 Å². The van der Waals surface area contributed by atoms with Gasteiger partial charge < -0.3 is 4.74 Å². The molecule has 1 aliphatic rings. The monoisotopic (exact) mass is 473 g/mol. The quantitative estimate of drug-likeness (QED) is 0.202. The van der Waals surface area contributed by atoms with E-state index in [4.69, 9.17) is 14.8 Å². The van der Waals surface area contributed by atoms with Crippen molar-refractivity contribution in [2.45, 2.75) is 51.7 Å². The van der Waals surface area contributed by atoms with Crippen LogP contribution in [0.25, 0.3) is 33.5 Å². The normalized spacial score (nSPS) is 13.5. The van der Waals surface area contributed by atoms with E-state index in [2.05, 4.69) is 42.9 Å². The van der Waals surface area contributed by atoms with Crippen LogP contribution in [0.4, 0.5) is 0 Å². The molecule has 5 rings (SSSR count). The van der Waals surface area contributed by atoms with Gasteiger partial charge in [-0.1, -0.05) is 37.8 Å². The van der Waals surface area contributed by atoms with Gasteiger partial charge in [0.05, 0.1) is 17.4 Å². The molecule has 0 atom stereocenters. The van der Waals surface area contributed by atoms with Gasteiger partial charge >= 0.3 is 0 Å². The Morgan fingerprint density at radius 2 is 2.03 bits per heavy atom. The first-order valence-electron chi connectivity index (χ1n) is 11.9. The Kier molecular flexibility index (Phi) is 5.95. The average Bonchev–Trinajstić information content (AvgIpc) is 3.53. The van der Waals surface area contributed by atoms with Crippen molar-refractivity contribution in [2.24, 2.45) is 7.05 Å². The molecule has 0 saturated carbocycles. The molecule has 1 aromatic carbocycles. The maximum atomic E-state index is 12.2. The highest BCUT2D eigenvalue weighted by atomic mass is 28.3. The lowest BCUT2D eigenvalue weighted by Crippen LogP contribution is -2.22. The summed E-state index contributed by atoms with van der Waals surface area (Å²) in [5.74, 6) is 0.